The molecule has 0 fully saturated rings. The molecule has 0 bridgehead atoms. The van der Waals surface area contributed by atoms with Gasteiger partial charge in [-0.15, -0.1) is 0 Å². The summed E-state index contributed by atoms with van der Waals surface area (Å²) in [5.41, 5.74) is 4.21. The van der Waals surface area contributed by atoms with Gasteiger partial charge in [0.05, 0.1) is 18.8 Å². The van der Waals surface area contributed by atoms with Gasteiger partial charge in [0.1, 0.15) is 0 Å². The molecule has 0 aliphatic heterocycles. The van der Waals surface area contributed by atoms with E-state index in [1.807, 2.05) is 37.3 Å². The first kappa shape index (κ1) is 11.9. The number of hydrogen-bond acceptors (Lipinski definition) is 2. The van der Waals surface area contributed by atoms with Crippen LogP contribution in [0.4, 0.5) is 0 Å². The van der Waals surface area contributed by atoms with Crippen molar-refractivity contribution < 1.29 is 5.11 Å². The fraction of sp³-hybridized carbons (Fsp3) is 0.188. The Morgan fingerprint density at radius 3 is 2.84 bits per heavy atom. The van der Waals surface area contributed by atoms with Gasteiger partial charge in [0.25, 0.3) is 0 Å². The molecule has 2 heterocycles. The zero-order valence-electron chi connectivity index (χ0n) is 10.9. The molecule has 0 saturated heterocycles. The summed E-state index contributed by atoms with van der Waals surface area (Å²) in [6, 6.07) is 14.2. The van der Waals surface area contributed by atoms with Gasteiger partial charge >= 0.3 is 0 Å². The maximum absolute atomic E-state index is 9.15. The van der Waals surface area contributed by atoms with Crippen LogP contribution in [0.2, 0.25) is 0 Å². The van der Waals surface area contributed by atoms with E-state index in [1.54, 1.807) is 0 Å². The average molecular weight is 252 g/mol. The molecule has 3 nitrogen and oxygen atoms in total. The minimum Gasteiger partial charge on any atom is -0.392 e. The summed E-state index contributed by atoms with van der Waals surface area (Å²) in [6.45, 7) is 2.86. The highest BCUT2D eigenvalue weighted by Crippen LogP contribution is 2.18. The van der Waals surface area contributed by atoms with Crippen molar-refractivity contribution in [2.45, 2.75) is 20.1 Å². The van der Waals surface area contributed by atoms with Crippen LogP contribution in [-0.2, 0) is 13.2 Å². The Morgan fingerprint density at radius 2 is 2.05 bits per heavy atom. The van der Waals surface area contributed by atoms with Crippen LogP contribution in [0.25, 0.3) is 10.9 Å². The number of hydrogen-bond donors (Lipinski definition) is 1. The molecular formula is C16H16N2O. The molecule has 1 aromatic carbocycles. The second-order valence-electron chi connectivity index (χ2n) is 4.77. The largest absolute Gasteiger partial charge is 0.392 e. The molecule has 3 heteroatoms. The summed E-state index contributed by atoms with van der Waals surface area (Å²) < 4.78 is 2.18. The number of aliphatic hydroxyl groups is 1. The van der Waals surface area contributed by atoms with E-state index in [9.17, 15) is 0 Å². The number of benzene rings is 1. The van der Waals surface area contributed by atoms with Crippen LogP contribution in [0.15, 0.2) is 48.7 Å². The molecule has 0 aliphatic rings. The highest BCUT2D eigenvalue weighted by atomic mass is 16.3. The van der Waals surface area contributed by atoms with Gasteiger partial charge < -0.3 is 9.67 Å². The molecule has 0 saturated carbocycles. The van der Waals surface area contributed by atoms with Crippen LogP contribution >= 0.6 is 0 Å². The summed E-state index contributed by atoms with van der Waals surface area (Å²) in [5.74, 6) is 0. The molecule has 0 aliphatic carbocycles. The standard InChI is InChI=1S/C16H16N2O/c1-12-3-2-4-15(17-12)10-18-8-7-14-9-13(11-19)5-6-16(14)18/h2-9,19H,10-11H2,1H3. The molecule has 1 N–H and O–H groups in total. The van der Waals surface area contributed by atoms with Crippen LogP contribution in [-0.4, -0.2) is 14.7 Å². The Morgan fingerprint density at radius 1 is 1.16 bits per heavy atom. The molecule has 19 heavy (non-hydrogen) atoms. The molecule has 0 unspecified atom stereocenters. The van der Waals surface area contributed by atoms with Crippen molar-refractivity contribution in [3.05, 3.63) is 65.6 Å². The maximum atomic E-state index is 9.15. The lowest BCUT2D eigenvalue weighted by Gasteiger charge is -2.06. The summed E-state index contributed by atoms with van der Waals surface area (Å²) in [6.07, 6.45) is 2.07. The molecule has 2 aromatic heterocycles. The highest BCUT2D eigenvalue weighted by Gasteiger charge is 2.03. The number of aromatic nitrogens is 2. The van der Waals surface area contributed by atoms with E-state index in [1.165, 1.54) is 5.52 Å². The Balaban J connectivity index is 1.97. The monoisotopic (exact) mass is 252 g/mol. The molecule has 0 amide bonds. The van der Waals surface area contributed by atoms with Crippen LogP contribution in [0.5, 0.6) is 0 Å². The van der Waals surface area contributed by atoms with Crippen LogP contribution in [0.3, 0.4) is 0 Å². The van der Waals surface area contributed by atoms with Gasteiger partial charge in [0, 0.05) is 17.4 Å². The number of pyridine rings is 1. The van der Waals surface area contributed by atoms with Gasteiger partial charge in [-0.25, -0.2) is 0 Å². The lowest BCUT2D eigenvalue weighted by molar-refractivity contribution is 0.282. The maximum Gasteiger partial charge on any atom is 0.0682 e. The van der Waals surface area contributed by atoms with Gasteiger partial charge in [-0.3, -0.25) is 4.98 Å². The van der Waals surface area contributed by atoms with E-state index >= 15 is 0 Å². The number of nitrogens with zero attached hydrogens (tertiary/aromatic N) is 2. The van der Waals surface area contributed by atoms with E-state index < -0.39 is 0 Å². The summed E-state index contributed by atoms with van der Waals surface area (Å²) in [5, 5.41) is 10.3. The van der Waals surface area contributed by atoms with Crippen molar-refractivity contribution in [1.29, 1.82) is 0 Å². The second kappa shape index (κ2) is 4.86. The Bertz CT molecular complexity index is 716. The van der Waals surface area contributed by atoms with Gasteiger partial charge in [-0.1, -0.05) is 12.1 Å². The number of aliphatic hydroxyl groups excluding tert-OH is 1. The normalized spacial score (nSPS) is 11.1. The van der Waals surface area contributed by atoms with Crippen molar-refractivity contribution in [3.63, 3.8) is 0 Å². The van der Waals surface area contributed by atoms with Gasteiger partial charge in [0.15, 0.2) is 0 Å². The second-order valence-corrected chi connectivity index (χ2v) is 4.77. The van der Waals surface area contributed by atoms with E-state index in [0.29, 0.717) is 0 Å². The minimum atomic E-state index is 0.0839. The third kappa shape index (κ3) is 2.37. The van der Waals surface area contributed by atoms with Gasteiger partial charge in [0.2, 0.25) is 0 Å². The Labute approximate surface area is 112 Å². The zero-order valence-corrected chi connectivity index (χ0v) is 10.9. The summed E-state index contributed by atoms with van der Waals surface area (Å²) >= 11 is 0. The molecule has 3 rings (SSSR count). The van der Waals surface area contributed by atoms with E-state index in [-0.39, 0.29) is 6.61 Å². The topological polar surface area (TPSA) is 38.0 Å². The molecular weight excluding hydrogens is 236 g/mol. The number of rotatable bonds is 3. The van der Waals surface area contributed by atoms with Crippen molar-refractivity contribution in [2.75, 3.05) is 0 Å². The third-order valence-electron chi connectivity index (χ3n) is 3.30. The van der Waals surface area contributed by atoms with E-state index in [4.69, 9.17) is 5.11 Å². The van der Waals surface area contributed by atoms with Crippen molar-refractivity contribution in [3.8, 4) is 0 Å². The lowest BCUT2D eigenvalue weighted by atomic mass is 10.2. The van der Waals surface area contributed by atoms with Crippen LogP contribution in [0, 0.1) is 6.92 Å². The first-order valence-corrected chi connectivity index (χ1v) is 6.37. The number of aryl methyl sites for hydroxylation is 1. The number of fused-ring (bicyclic) bond motifs is 1. The fourth-order valence-electron chi connectivity index (χ4n) is 2.35. The quantitative estimate of drug-likeness (QED) is 0.778. The third-order valence-corrected chi connectivity index (χ3v) is 3.30. The Kier molecular flexibility index (Phi) is 3.05. The predicted octanol–water partition coefficient (Wildman–Crippen LogP) is 2.89. The molecule has 96 valence electrons. The van der Waals surface area contributed by atoms with Gasteiger partial charge in [-0.05, 0) is 48.2 Å². The Hall–Kier alpha value is -2.13. The SMILES string of the molecule is Cc1cccc(Cn2ccc3cc(CO)ccc32)n1. The minimum absolute atomic E-state index is 0.0839. The first-order chi connectivity index (χ1) is 9.26. The van der Waals surface area contributed by atoms with Crippen molar-refractivity contribution >= 4 is 10.9 Å². The van der Waals surface area contributed by atoms with Crippen molar-refractivity contribution in [2.24, 2.45) is 0 Å². The molecule has 0 atom stereocenters. The average Bonchev–Trinajstić information content (AvgIpc) is 2.81. The lowest BCUT2D eigenvalue weighted by Crippen LogP contribution is -2.01. The zero-order chi connectivity index (χ0) is 13.2. The van der Waals surface area contributed by atoms with Crippen LogP contribution < -0.4 is 0 Å². The predicted molar refractivity (Wildman–Crippen MR) is 75.9 cm³/mol. The van der Waals surface area contributed by atoms with Crippen molar-refractivity contribution in [1.82, 2.24) is 9.55 Å². The van der Waals surface area contributed by atoms with Crippen LogP contribution in [0.1, 0.15) is 17.0 Å². The fourth-order valence-corrected chi connectivity index (χ4v) is 2.35. The molecule has 3 aromatic rings. The summed E-state index contributed by atoms with van der Waals surface area (Å²) in [4.78, 5) is 4.53. The highest BCUT2D eigenvalue weighted by molar-refractivity contribution is 5.80. The summed E-state index contributed by atoms with van der Waals surface area (Å²) in [7, 11) is 0. The molecule has 0 radical (unpaired) electrons. The first-order valence-electron chi connectivity index (χ1n) is 6.37. The molecule has 0 spiro atoms. The van der Waals surface area contributed by atoms with E-state index in [0.717, 1.165) is 28.9 Å². The smallest absolute Gasteiger partial charge is 0.0682 e. The van der Waals surface area contributed by atoms with Gasteiger partial charge in [-0.2, -0.15) is 0 Å². The van der Waals surface area contributed by atoms with E-state index in [2.05, 4.69) is 27.9 Å².